The van der Waals surface area contributed by atoms with Crippen molar-refractivity contribution in [3.63, 3.8) is 0 Å². The number of aromatic nitrogens is 2. The number of methoxy groups -OCH3 is 1. The van der Waals surface area contributed by atoms with Gasteiger partial charge in [0.1, 0.15) is 0 Å². The number of nitrogens with zero attached hydrogens (tertiary/aromatic N) is 2. The molecule has 0 atom stereocenters. The fraction of sp³-hybridized carbons (Fsp3) is 0.304. The highest BCUT2D eigenvalue weighted by Crippen LogP contribution is 2.36. The van der Waals surface area contributed by atoms with Gasteiger partial charge in [-0.3, -0.25) is 4.68 Å². The largest absolute Gasteiger partial charge is 0.467 e. The minimum Gasteiger partial charge on any atom is -0.467 e. The molecule has 8 heteroatoms. The van der Waals surface area contributed by atoms with Gasteiger partial charge in [-0.15, -0.1) is 0 Å². The number of carbonyl (C=O) groups excluding carboxylic acids is 1. The van der Waals surface area contributed by atoms with Gasteiger partial charge in [0.2, 0.25) is 6.79 Å². The van der Waals surface area contributed by atoms with Crippen molar-refractivity contribution in [2.75, 3.05) is 13.9 Å². The van der Waals surface area contributed by atoms with E-state index in [4.69, 9.17) is 35.6 Å². The Morgan fingerprint density at radius 1 is 1.16 bits per heavy atom. The van der Waals surface area contributed by atoms with Gasteiger partial charge in [0.05, 0.1) is 31.6 Å². The average molecular weight is 443 g/mol. The lowest BCUT2D eigenvalue weighted by Gasteiger charge is -2.21. The standard InChI is InChI=1S/C23H23ClN2O5/c1-23(2,22(27)28-3)31-13-17-11-19(15-8-9-20-21(10-15)30-14-29-20)26(25-17)12-16-6-4-5-7-18(16)24/h4-11H,12-14H2,1-3H3. The van der Waals surface area contributed by atoms with E-state index in [1.165, 1.54) is 7.11 Å². The third-order valence-corrected chi connectivity index (χ3v) is 5.40. The van der Waals surface area contributed by atoms with Gasteiger partial charge in [0.15, 0.2) is 17.1 Å². The van der Waals surface area contributed by atoms with E-state index < -0.39 is 11.6 Å². The summed E-state index contributed by atoms with van der Waals surface area (Å²) in [5.74, 6) is 0.955. The second-order valence-corrected chi connectivity index (χ2v) is 8.04. The van der Waals surface area contributed by atoms with E-state index in [0.717, 1.165) is 16.8 Å². The van der Waals surface area contributed by atoms with Crippen molar-refractivity contribution >= 4 is 17.6 Å². The molecule has 7 nitrogen and oxygen atoms in total. The summed E-state index contributed by atoms with van der Waals surface area (Å²) < 4.78 is 23.4. The van der Waals surface area contributed by atoms with Crippen LogP contribution in [-0.4, -0.2) is 35.3 Å². The van der Waals surface area contributed by atoms with E-state index in [1.807, 2.05) is 53.2 Å². The fourth-order valence-electron chi connectivity index (χ4n) is 3.30. The minimum absolute atomic E-state index is 0.148. The molecule has 4 rings (SSSR count). The SMILES string of the molecule is COC(=O)C(C)(C)OCc1cc(-c2ccc3c(c2)OCO3)n(Cc2ccccc2Cl)n1. The predicted molar refractivity (Wildman–Crippen MR) is 115 cm³/mol. The molecule has 1 aromatic heterocycles. The molecule has 0 radical (unpaired) electrons. The molecule has 0 bridgehead atoms. The summed E-state index contributed by atoms with van der Waals surface area (Å²) in [7, 11) is 1.34. The highest BCUT2D eigenvalue weighted by Gasteiger charge is 2.30. The molecule has 0 amide bonds. The first kappa shape index (κ1) is 21.2. The van der Waals surface area contributed by atoms with E-state index in [1.54, 1.807) is 13.8 Å². The molecule has 0 unspecified atom stereocenters. The Bertz CT molecular complexity index is 1110. The molecule has 0 fully saturated rings. The van der Waals surface area contributed by atoms with Crippen molar-refractivity contribution < 1.29 is 23.7 Å². The number of hydrogen-bond donors (Lipinski definition) is 0. The van der Waals surface area contributed by atoms with E-state index in [0.29, 0.717) is 28.8 Å². The van der Waals surface area contributed by atoms with Crippen molar-refractivity contribution in [2.24, 2.45) is 0 Å². The maximum atomic E-state index is 11.9. The number of rotatable bonds is 7. The molecule has 162 valence electrons. The Morgan fingerprint density at radius 2 is 1.94 bits per heavy atom. The van der Waals surface area contributed by atoms with Crippen LogP contribution in [0.5, 0.6) is 11.5 Å². The Hall–Kier alpha value is -3.03. The van der Waals surface area contributed by atoms with Crippen molar-refractivity contribution in [3.8, 4) is 22.8 Å². The Kier molecular flexibility index (Phi) is 5.89. The number of fused-ring (bicyclic) bond motifs is 1. The summed E-state index contributed by atoms with van der Waals surface area (Å²) in [5.41, 5.74) is 2.32. The van der Waals surface area contributed by atoms with Gasteiger partial charge in [-0.2, -0.15) is 5.10 Å². The molecule has 3 aromatic rings. The van der Waals surface area contributed by atoms with E-state index in [9.17, 15) is 4.79 Å². The van der Waals surface area contributed by atoms with Crippen LogP contribution in [0.2, 0.25) is 5.02 Å². The van der Waals surface area contributed by atoms with Crippen LogP contribution in [0.25, 0.3) is 11.3 Å². The molecule has 31 heavy (non-hydrogen) atoms. The monoisotopic (exact) mass is 442 g/mol. The normalized spacial score (nSPS) is 12.8. The topological polar surface area (TPSA) is 71.8 Å². The van der Waals surface area contributed by atoms with Crippen LogP contribution < -0.4 is 9.47 Å². The second-order valence-electron chi connectivity index (χ2n) is 7.63. The quantitative estimate of drug-likeness (QED) is 0.503. The molecule has 0 saturated carbocycles. The van der Waals surface area contributed by atoms with E-state index in [-0.39, 0.29) is 13.4 Å². The Balaban J connectivity index is 1.66. The van der Waals surface area contributed by atoms with E-state index in [2.05, 4.69) is 0 Å². The van der Waals surface area contributed by atoms with E-state index >= 15 is 0 Å². The number of hydrogen-bond acceptors (Lipinski definition) is 6. The zero-order valence-electron chi connectivity index (χ0n) is 17.6. The van der Waals surface area contributed by atoms with Gasteiger partial charge in [0.25, 0.3) is 0 Å². The number of ether oxygens (including phenoxy) is 4. The lowest BCUT2D eigenvalue weighted by molar-refractivity contribution is -0.166. The smallest absolute Gasteiger partial charge is 0.337 e. The summed E-state index contributed by atoms with van der Waals surface area (Å²) in [5, 5.41) is 5.38. The average Bonchev–Trinajstić information content (AvgIpc) is 3.39. The molecule has 2 aromatic carbocycles. The number of benzene rings is 2. The predicted octanol–water partition coefficient (Wildman–Crippen LogP) is 4.45. The van der Waals surface area contributed by atoms with Crippen LogP contribution in [0.4, 0.5) is 0 Å². The van der Waals surface area contributed by atoms with Crippen LogP contribution in [0.15, 0.2) is 48.5 Å². The summed E-state index contributed by atoms with van der Waals surface area (Å²) in [6, 6.07) is 15.3. The van der Waals surface area contributed by atoms with Crippen LogP contribution in [0.3, 0.4) is 0 Å². The van der Waals surface area contributed by atoms with Crippen LogP contribution in [-0.2, 0) is 27.4 Å². The molecular weight excluding hydrogens is 420 g/mol. The summed E-state index contributed by atoms with van der Waals surface area (Å²) in [4.78, 5) is 11.9. The fourth-order valence-corrected chi connectivity index (χ4v) is 3.49. The third-order valence-electron chi connectivity index (χ3n) is 5.03. The van der Waals surface area contributed by atoms with Crippen molar-refractivity contribution in [3.05, 3.63) is 64.8 Å². The molecule has 1 aliphatic rings. The van der Waals surface area contributed by atoms with Gasteiger partial charge in [-0.05, 0) is 49.7 Å². The van der Waals surface area contributed by atoms with Crippen LogP contribution in [0, 0.1) is 0 Å². The molecule has 0 aliphatic carbocycles. The van der Waals surface area contributed by atoms with Gasteiger partial charge < -0.3 is 18.9 Å². The highest BCUT2D eigenvalue weighted by molar-refractivity contribution is 6.31. The summed E-state index contributed by atoms with van der Waals surface area (Å²) >= 11 is 6.37. The van der Waals surface area contributed by atoms with Crippen molar-refractivity contribution in [1.82, 2.24) is 9.78 Å². The summed E-state index contributed by atoms with van der Waals surface area (Å²) in [6.07, 6.45) is 0. The van der Waals surface area contributed by atoms with Gasteiger partial charge in [0, 0.05) is 10.6 Å². The highest BCUT2D eigenvalue weighted by atomic mass is 35.5. The van der Waals surface area contributed by atoms with Crippen LogP contribution >= 0.6 is 11.6 Å². The molecule has 0 spiro atoms. The molecule has 2 heterocycles. The molecule has 0 saturated heterocycles. The lowest BCUT2D eigenvalue weighted by Crippen LogP contribution is -2.35. The summed E-state index contributed by atoms with van der Waals surface area (Å²) in [6.45, 7) is 4.16. The maximum Gasteiger partial charge on any atom is 0.337 e. The minimum atomic E-state index is -1.08. The van der Waals surface area contributed by atoms with Gasteiger partial charge in [-0.1, -0.05) is 29.8 Å². The van der Waals surface area contributed by atoms with Gasteiger partial charge in [-0.25, -0.2) is 4.79 Å². The second kappa shape index (κ2) is 8.61. The number of esters is 1. The molecular formula is C23H23ClN2O5. The van der Waals surface area contributed by atoms with Crippen molar-refractivity contribution in [1.29, 1.82) is 0 Å². The Labute approximate surface area is 185 Å². The van der Waals surface area contributed by atoms with Gasteiger partial charge >= 0.3 is 5.97 Å². The Morgan fingerprint density at radius 3 is 2.71 bits per heavy atom. The third kappa shape index (κ3) is 4.52. The van der Waals surface area contributed by atoms with Crippen LogP contribution in [0.1, 0.15) is 25.1 Å². The molecule has 1 aliphatic heterocycles. The van der Waals surface area contributed by atoms with Crippen molar-refractivity contribution in [2.45, 2.75) is 32.6 Å². The number of carbonyl (C=O) groups is 1. The molecule has 0 N–H and O–H groups in total. The first-order chi connectivity index (χ1) is 14.9. The maximum absolute atomic E-state index is 11.9. The first-order valence-electron chi connectivity index (χ1n) is 9.80. The zero-order chi connectivity index (χ0) is 22.0. The lowest BCUT2D eigenvalue weighted by atomic mass is 10.1. The zero-order valence-corrected chi connectivity index (χ0v) is 18.3. The first-order valence-corrected chi connectivity index (χ1v) is 10.2. The number of halogens is 1.